The number of hydrogen-bond donors (Lipinski definition) is 0. The fourth-order valence-corrected chi connectivity index (χ4v) is 0.796. The highest BCUT2D eigenvalue weighted by molar-refractivity contribution is 9.11. The second-order valence-corrected chi connectivity index (χ2v) is 2.13. The molecule has 0 heterocycles. The Kier molecular flexibility index (Phi) is 7.35. The van der Waals surface area contributed by atoms with Crippen molar-refractivity contribution in [2.75, 3.05) is 13.2 Å². The maximum Gasteiger partial charge on any atom is 0.177 e. The molecule has 0 aliphatic carbocycles. The van der Waals surface area contributed by atoms with Gasteiger partial charge in [-0.05, 0) is 24.9 Å². The third-order valence-corrected chi connectivity index (χ3v) is 1.20. The molecule has 10 heavy (non-hydrogen) atoms. The molecule has 3 heteroatoms. The Hall–Kier alpha value is 0.140. The second-order valence-electron chi connectivity index (χ2n) is 1.60. The Morgan fingerprint density at radius 1 is 1.30 bits per heavy atom. The van der Waals surface area contributed by atoms with Crippen LogP contribution in [0.4, 0.5) is 0 Å². The van der Waals surface area contributed by atoms with Gasteiger partial charge >= 0.3 is 0 Å². The van der Waals surface area contributed by atoms with E-state index in [9.17, 15) is 0 Å². The summed E-state index contributed by atoms with van der Waals surface area (Å²) in [6, 6.07) is 0. The fraction of sp³-hybridized carbons (Fsp3) is 0.714. The van der Waals surface area contributed by atoms with Gasteiger partial charge in [-0.15, -0.1) is 0 Å². The van der Waals surface area contributed by atoms with Crippen molar-refractivity contribution in [2.45, 2.75) is 20.1 Å². The van der Waals surface area contributed by atoms with E-state index in [4.69, 9.17) is 9.47 Å². The van der Waals surface area contributed by atoms with Gasteiger partial charge in [-0.1, -0.05) is 15.9 Å². The highest BCUT2D eigenvalue weighted by atomic mass is 79.9. The molecular formula is C7H13BrO2. The van der Waals surface area contributed by atoms with Gasteiger partial charge in [0.25, 0.3) is 0 Å². The summed E-state index contributed by atoms with van der Waals surface area (Å²) in [7, 11) is 0. The molecule has 0 N–H and O–H groups in total. The molecule has 0 aliphatic rings. The minimum Gasteiger partial charge on any atom is -0.349 e. The van der Waals surface area contributed by atoms with Gasteiger partial charge in [-0.25, -0.2) is 0 Å². The van der Waals surface area contributed by atoms with Crippen molar-refractivity contribution < 1.29 is 9.47 Å². The molecule has 0 aromatic carbocycles. The zero-order valence-electron chi connectivity index (χ0n) is 6.34. The predicted octanol–water partition coefficient (Wildman–Crippen LogP) is 2.29. The first-order chi connectivity index (χ1) is 4.85. The Labute approximate surface area is 70.3 Å². The lowest BCUT2D eigenvalue weighted by atomic mass is 10.6. The van der Waals surface area contributed by atoms with Gasteiger partial charge in [0.1, 0.15) is 0 Å². The van der Waals surface area contributed by atoms with E-state index in [-0.39, 0.29) is 6.29 Å². The monoisotopic (exact) mass is 208 g/mol. The molecule has 0 bridgehead atoms. The summed E-state index contributed by atoms with van der Waals surface area (Å²) in [5, 5.41) is 0. The van der Waals surface area contributed by atoms with Gasteiger partial charge in [-0.2, -0.15) is 0 Å². The molecule has 0 aromatic rings. The third kappa shape index (κ3) is 4.97. The van der Waals surface area contributed by atoms with Crippen LogP contribution >= 0.6 is 15.9 Å². The van der Waals surface area contributed by atoms with E-state index in [0.717, 1.165) is 0 Å². The van der Waals surface area contributed by atoms with Gasteiger partial charge in [-0.3, -0.25) is 0 Å². The molecule has 0 spiro atoms. The summed E-state index contributed by atoms with van der Waals surface area (Å²) < 4.78 is 10.4. The van der Waals surface area contributed by atoms with Crippen LogP contribution in [-0.2, 0) is 9.47 Å². The van der Waals surface area contributed by atoms with E-state index >= 15 is 0 Å². The lowest BCUT2D eigenvalue weighted by Gasteiger charge is -2.11. The SMILES string of the molecule is CCOC(C=CBr)OCC. The van der Waals surface area contributed by atoms with Crippen LogP contribution in [0.25, 0.3) is 0 Å². The highest BCUT2D eigenvalue weighted by Crippen LogP contribution is 1.98. The first-order valence-corrected chi connectivity index (χ1v) is 4.26. The van der Waals surface area contributed by atoms with Crippen molar-refractivity contribution in [2.24, 2.45) is 0 Å². The van der Waals surface area contributed by atoms with Crippen LogP contribution in [0.15, 0.2) is 11.1 Å². The molecule has 0 rings (SSSR count). The third-order valence-electron chi connectivity index (χ3n) is 0.892. The lowest BCUT2D eigenvalue weighted by Crippen LogP contribution is -2.13. The Balaban J connectivity index is 3.50. The molecule has 60 valence electrons. The smallest absolute Gasteiger partial charge is 0.177 e. The normalized spacial score (nSPS) is 11.6. The van der Waals surface area contributed by atoms with Gasteiger partial charge in [0.05, 0.1) is 0 Å². The van der Waals surface area contributed by atoms with Crippen LogP contribution < -0.4 is 0 Å². The van der Waals surface area contributed by atoms with Crippen LogP contribution in [0, 0.1) is 0 Å². The van der Waals surface area contributed by atoms with Crippen LogP contribution in [-0.4, -0.2) is 19.5 Å². The van der Waals surface area contributed by atoms with E-state index in [1.807, 2.05) is 19.9 Å². The standard InChI is InChI=1S/C7H13BrO2/c1-3-9-7(5-6-8)10-4-2/h5-7H,3-4H2,1-2H3. The summed E-state index contributed by atoms with van der Waals surface area (Å²) in [5.41, 5.74) is 0. The van der Waals surface area contributed by atoms with Gasteiger partial charge in [0.2, 0.25) is 0 Å². The maximum absolute atomic E-state index is 5.18. The summed E-state index contributed by atoms with van der Waals surface area (Å²) >= 11 is 3.15. The van der Waals surface area contributed by atoms with Crippen LogP contribution in [0.5, 0.6) is 0 Å². The first-order valence-electron chi connectivity index (χ1n) is 3.35. The van der Waals surface area contributed by atoms with Crippen molar-refractivity contribution in [1.82, 2.24) is 0 Å². The van der Waals surface area contributed by atoms with Crippen LogP contribution in [0.2, 0.25) is 0 Å². The molecule has 0 fully saturated rings. The largest absolute Gasteiger partial charge is 0.349 e. The van der Waals surface area contributed by atoms with E-state index in [2.05, 4.69) is 15.9 Å². The summed E-state index contributed by atoms with van der Waals surface area (Å²) in [6.45, 7) is 5.21. The van der Waals surface area contributed by atoms with E-state index < -0.39 is 0 Å². The first kappa shape index (κ1) is 10.1. The predicted molar refractivity (Wildman–Crippen MR) is 45.1 cm³/mol. The quantitative estimate of drug-likeness (QED) is 0.646. The molecule has 0 unspecified atom stereocenters. The summed E-state index contributed by atoms with van der Waals surface area (Å²) in [4.78, 5) is 1.74. The Bertz CT molecular complexity index is 87.6. The van der Waals surface area contributed by atoms with Crippen molar-refractivity contribution in [3.05, 3.63) is 11.1 Å². The molecule has 2 nitrogen and oxygen atoms in total. The average molecular weight is 209 g/mol. The maximum atomic E-state index is 5.18. The molecule has 0 amide bonds. The molecule has 0 aromatic heterocycles. The minimum atomic E-state index is -0.200. The number of ether oxygens (including phenoxy) is 2. The lowest BCUT2D eigenvalue weighted by molar-refractivity contribution is -0.103. The summed E-state index contributed by atoms with van der Waals surface area (Å²) in [6.07, 6.45) is 1.61. The molecular weight excluding hydrogens is 196 g/mol. The van der Waals surface area contributed by atoms with Gasteiger partial charge in [0.15, 0.2) is 6.29 Å². The van der Waals surface area contributed by atoms with E-state index in [1.54, 1.807) is 4.99 Å². The number of rotatable bonds is 5. The molecule has 0 saturated carbocycles. The van der Waals surface area contributed by atoms with Crippen LogP contribution in [0.1, 0.15) is 13.8 Å². The van der Waals surface area contributed by atoms with Gasteiger partial charge in [0, 0.05) is 13.2 Å². The van der Waals surface area contributed by atoms with Crippen molar-refractivity contribution in [1.29, 1.82) is 0 Å². The van der Waals surface area contributed by atoms with E-state index in [0.29, 0.717) is 13.2 Å². The Morgan fingerprint density at radius 3 is 2.10 bits per heavy atom. The fourth-order valence-electron chi connectivity index (χ4n) is 0.547. The average Bonchev–Trinajstić information content (AvgIpc) is 1.90. The second kappa shape index (κ2) is 7.25. The molecule has 0 saturated heterocycles. The minimum absolute atomic E-state index is 0.200. The number of halogens is 1. The molecule has 0 atom stereocenters. The van der Waals surface area contributed by atoms with Crippen LogP contribution in [0.3, 0.4) is 0 Å². The zero-order valence-corrected chi connectivity index (χ0v) is 7.93. The zero-order chi connectivity index (χ0) is 7.82. The van der Waals surface area contributed by atoms with Gasteiger partial charge < -0.3 is 9.47 Å². The highest BCUT2D eigenvalue weighted by Gasteiger charge is 1.99. The van der Waals surface area contributed by atoms with E-state index in [1.165, 1.54) is 0 Å². The van der Waals surface area contributed by atoms with Crippen molar-refractivity contribution in [3.63, 3.8) is 0 Å². The summed E-state index contributed by atoms with van der Waals surface area (Å²) in [5.74, 6) is 0. The molecule has 0 radical (unpaired) electrons. The van der Waals surface area contributed by atoms with Crippen molar-refractivity contribution in [3.8, 4) is 0 Å². The Morgan fingerprint density at radius 2 is 1.80 bits per heavy atom. The van der Waals surface area contributed by atoms with Crippen molar-refractivity contribution >= 4 is 15.9 Å². The molecule has 0 aliphatic heterocycles. The topological polar surface area (TPSA) is 18.5 Å². The number of hydrogen-bond acceptors (Lipinski definition) is 2.